The Labute approximate surface area is 97.5 Å². The van der Waals surface area contributed by atoms with Crippen molar-refractivity contribution in [1.82, 2.24) is 0 Å². The maximum Gasteiger partial charge on any atom is 0.417 e. The van der Waals surface area contributed by atoms with Crippen LogP contribution in [-0.4, -0.2) is 6.18 Å². The zero-order chi connectivity index (χ0) is 13.3. The van der Waals surface area contributed by atoms with Gasteiger partial charge in [-0.3, -0.25) is 0 Å². The molecule has 0 unspecified atom stereocenters. The molecule has 0 N–H and O–H groups in total. The van der Waals surface area contributed by atoms with Gasteiger partial charge in [0.25, 0.3) is 0 Å². The lowest BCUT2D eigenvalue weighted by Gasteiger charge is -2.12. The molecule has 0 saturated carbocycles. The van der Waals surface area contributed by atoms with Crippen molar-refractivity contribution >= 4 is 17.2 Å². The van der Waals surface area contributed by atoms with Gasteiger partial charge in [-0.05, 0) is 17.7 Å². The molecule has 1 rings (SSSR count). The smallest absolute Gasteiger partial charge is 0.166 e. The molecule has 0 fully saturated rings. The number of halogens is 7. The second-order valence-electron chi connectivity index (χ2n) is 3.10. The third kappa shape index (κ3) is 3.39. The van der Waals surface area contributed by atoms with Crippen LogP contribution in [0.3, 0.4) is 0 Å². The van der Waals surface area contributed by atoms with E-state index >= 15 is 0 Å². The summed E-state index contributed by atoms with van der Waals surface area (Å²) < 4.78 is 73.6. The van der Waals surface area contributed by atoms with E-state index in [0.717, 1.165) is 12.1 Å². The van der Waals surface area contributed by atoms with Gasteiger partial charge in [0.15, 0.2) is 0 Å². The molecule has 0 amide bonds. The molecule has 0 aliphatic heterocycles. The van der Waals surface area contributed by atoms with Gasteiger partial charge in [0.05, 0.1) is 11.1 Å². The zero-order valence-electron chi connectivity index (χ0n) is 8.03. The fourth-order valence-electron chi connectivity index (χ4n) is 1.13. The highest BCUT2D eigenvalue weighted by molar-refractivity contribution is 6.28. The first kappa shape index (κ1) is 13.9. The van der Waals surface area contributed by atoms with Crippen LogP contribution in [0.25, 0.3) is 5.57 Å². The minimum atomic E-state index is -4.71. The molecular formula is C10H5ClF6. The molecule has 1 aromatic carbocycles. The number of benzene rings is 1. The average Bonchev–Trinajstić information content (AvgIpc) is 2.16. The predicted molar refractivity (Wildman–Crippen MR) is 51.3 cm³/mol. The van der Waals surface area contributed by atoms with Crippen molar-refractivity contribution in [1.29, 1.82) is 0 Å². The summed E-state index contributed by atoms with van der Waals surface area (Å²) in [6, 6.07) is 2.60. The van der Waals surface area contributed by atoms with E-state index in [1.54, 1.807) is 0 Å². The van der Waals surface area contributed by atoms with Crippen molar-refractivity contribution in [3.63, 3.8) is 0 Å². The fourth-order valence-corrected chi connectivity index (χ4v) is 1.38. The summed E-state index contributed by atoms with van der Waals surface area (Å²) in [5.41, 5.74) is -2.33. The standard InChI is InChI=1S/C10H5ClF6/c11-5-8(10(15,16)17)6-1-3-7(4-2-6)9(12,13)14/h1-5H. The molecule has 7 heteroatoms. The minimum absolute atomic E-state index is 0.294. The number of rotatable bonds is 1. The summed E-state index contributed by atoms with van der Waals surface area (Å²) in [6.45, 7) is 0. The number of hydrogen-bond donors (Lipinski definition) is 0. The van der Waals surface area contributed by atoms with E-state index in [0.29, 0.717) is 17.7 Å². The van der Waals surface area contributed by atoms with Crippen LogP contribution in [0, 0.1) is 0 Å². The van der Waals surface area contributed by atoms with Crippen LogP contribution in [0.15, 0.2) is 29.8 Å². The molecule has 0 nitrogen and oxygen atoms in total. The molecule has 0 atom stereocenters. The molecule has 0 bridgehead atoms. The summed E-state index contributed by atoms with van der Waals surface area (Å²) in [7, 11) is 0. The van der Waals surface area contributed by atoms with Crippen LogP contribution >= 0.6 is 11.6 Å². The number of allylic oxidation sites excluding steroid dienone is 1. The van der Waals surface area contributed by atoms with Crippen molar-refractivity contribution in [2.45, 2.75) is 12.4 Å². The molecule has 0 saturated heterocycles. The van der Waals surface area contributed by atoms with Gasteiger partial charge in [0.2, 0.25) is 0 Å². The molecule has 0 aliphatic carbocycles. The molecule has 17 heavy (non-hydrogen) atoms. The van der Waals surface area contributed by atoms with Crippen LogP contribution < -0.4 is 0 Å². The average molecular weight is 275 g/mol. The SMILES string of the molecule is FC(F)(F)C(=CCl)c1ccc(C(F)(F)F)cc1. The molecule has 1 aromatic rings. The Morgan fingerprint density at radius 1 is 0.941 bits per heavy atom. The number of alkyl halides is 6. The molecule has 94 valence electrons. The van der Waals surface area contributed by atoms with Gasteiger partial charge >= 0.3 is 12.4 Å². The Kier molecular flexibility index (Phi) is 3.76. The molecule has 0 spiro atoms. The maximum atomic E-state index is 12.4. The highest BCUT2D eigenvalue weighted by atomic mass is 35.5. The van der Waals surface area contributed by atoms with E-state index in [4.69, 9.17) is 11.6 Å². The largest absolute Gasteiger partial charge is 0.417 e. The highest BCUT2D eigenvalue weighted by Gasteiger charge is 2.35. The van der Waals surface area contributed by atoms with Gasteiger partial charge < -0.3 is 0 Å². The van der Waals surface area contributed by atoms with Crippen LogP contribution in [0.1, 0.15) is 11.1 Å². The van der Waals surface area contributed by atoms with Crippen LogP contribution in [-0.2, 0) is 6.18 Å². The molecule has 0 aliphatic rings. The second kappa shape index (κ2) is 4.60. The van der Waals surface area contributed by atoms with Crippen molar-refractivity contribution < 1.29 is 26.3 Å². The quantitative estimate of drug-likeness (QED) is 0.642. The van der Waals surface area contributed by atoms with E-state index < -0.39 is 29.1 Å². The topological polar surface area (TPSA) is 0 Å². The molecular weight excluding hydrogens is 270 g/mol. The van der Waals surface area contributed by atoms with Gasteiger partial charge in [0.1, 0.15) is 0 Å². The first-order chi connectivity index (χ1) is 7.66. The first-order valence-electron chi connectivity index (χ1n) is 4.21. The van der Waals surface area contributed by atoms with E-state index in [-0.39, 0.29) is 0 Å². The predicted octanol–water partition coefficient (Wildman–Crippen LogP) is 4.85. The van der Waals surface area contributed by atoms with Crippen molar-refractivity contribution in [2.75, 3.05) is 0 Å². The van der Waals surface area contributed by atoms with Crippen molar-refractivity contribution in [3.05, 3.63) is 40.9 Å². The lowest BCUT2D eigenvalue weighted by molar-refractivity contribution is -0.137. The van der Waals surface area contributed by atoms with E-state index in [9.17, 15) is 26.3 Å². The van der Waals surface area contributed by atoms with Gasteiger partial charge in [-0.15, -0.1) is 0 Å². The monoisotopic (exact) mass is 274 g/mol. The maximum absolute atomic E-state index is 12.4. The van der Waals surface area contributed by atoms with Crippen LogP contribution in [0.2, 0.25) is 0 Å². The third-order valence-electron chi connectivity index (χ3n) is 1.94. The molecule has 0 heterocycles. The Morgan fingerprint density at radius 3 is 1.71 bits per heavy atom. The summed E-state index contributed by atoms with van der Waals surface area (Å²) in [5.74, 6) is 0. The van der Waals surface area contributed by atoms with Crippen LogP contribution in [0.5, 0.6) is 0 Å². The van der Waals surface area contributed by atoms with Crippen molar-refractivity contribution in [3.8, 4) is 0 Å². The van der Waals surface area contributed by atoms with E-state index in [1.165, 1.54) is 0 Å². The van der Waals surface area contributed by atoms with E-state index in [2.05, 4.69) is 0 Å². The number of hydrogen-bond acceptors (Lipinski definition) is 0. The fraction of sp³-hybridized carbons (Fsp3) is 0.200. The minimum Gasteiger partial charge on any atom is -0.166 e. The van der Waals surface area contributed by atoms with Gasteiger partial charge in [-0.1, -0.05) is 23.7 Å². The second-order valence-corrected chi connectivity index (χ2v) is 3.31. The Bertz CT molecular complexity index is 412. The summed E-state index contributed by atoms with van der Waals surface area (Å²) >= 11 is 5.01. The van der Waals surface area contributed by atoms with Gasteiger partial charge in [-0.25, -0.2) is 0 Å². The Hall–Kier alpha value is -1.17. The lowest BCUT2D eigenvalue weighted by Crippen LogP contribution is -2.11. The first-order valence-corrected chi connectivity index (χ1v) is 4.65. The molecule has 0 aromatic heterocycles. The van der Waals surface area contributed by atoms with Crippen LogP contribution in [0.4, 0.5) is 26.3 Å². The summed E-state index contributed by atoms with van der Waals surface area (Å²) in [6.07, 6.45) is -9.29. The lowest BCUT2D eigenvalue weighted by atomic mass is 10.0. The van der Waals surface area contributed by atoms with Gasteiger partial charge in [0, 0.05) is 5.54 Å². The Morgan fingerprint density at radius 2 is 1.41 bits per heavy atom. The summed E-state index contributed by atoms with van der Waals surface area (Å²) in [5, 5.41) is 0. The zero-order valence-corrected chi connectivity index (χ0v) is 8.79. The summed E-state index contributed by atoms with van der Waals surface area (Å²) in [4.78, 5) is 0. The van der Waals surface area contributed by atoms with E-state index in [1.807, 2.05) is 0 Å². The van der Waals surface area contributed by atoms with Crippen molar-refractivity contribution in [2.24, 2.45) is 0 Å². The molecule has 0 radical (unpaired) electrons. The highest BCUT2D eigenvalue weighted by Crippen LogP contribution is 2.36. The Balaban J connectivity index is 3.11. The third-order valence-corrected chi connectivity index (χ3v) is 2.16. The normalized spacial score (nSPS) is 13.9. The van der Waals surface area contributed by atoms with Gasteiger partial charge in [-0.2, -0.15) is 26.3 Å².